The van der Waals surface area contributed by atoms with Crippen molar-refractivity contribution in [3.8, 4) is 11.5 Å². The number of carbonyl (C=O) groups excluding carboxylic acids is 1. The second kappa shape index (κ2) is 7.52. The first-order valence-corrected chi connectivity index (χ1v) is 8.66. The second-order valence-corrected chi connectivity index (χ2v) is 6.41. The monoisotopic (exact) mass is 352 g/mol. The topological polar surface area (TPSA) is 50.8 Å². The van der Waals surface area contributed by atoms with Crippen LogP contribution in [-0.2, 0) is 0 Å². The number of hydrogen-bond acceptors (Lipinski definition) is 4. The van der Waals surface area contributed by atoms with Gasteiger partial charge < -0.3 is 19.7 Å². The maximum Gasteiger partial charge on any atom is 0.258 e. The van der Waals surface area contributed by atoms with Crippen LogP contribution in [-0.4, -0.2) is 30.6 Å². The Morgan fingerprint density at radius 1 is 1.23 bits per heavy atom. The van der Waals surface area contributed by atoms with E-state index in [1.54, 1.807) is 13.2 Å². The molecule has 5 heteroatoms. The van der Waals surface area contributed by atoms with Gasteiger partial charge in [-0.25, -0.2) is 0 Å². The molecule has 1 heterocycles. The van der Waals surface area contributed by atoms with Crippen molar-refractivity contribution in [1.82, 2.24) is 4.90 Å². The number of amides is 1. The summed E-state index contributed by atoms with van der Waals surface area (Å²) >= 11 is 0. The lowest BCUT2D eigenvalue weighted by molar-refractivity contribution is 0.0616. The average molecular weight is 352 g/mol. The van der Waals surface area contributed by atoms with Crippen molar-refractivity contribution < 1.29 is 14.3 Å². The van der Waals surface area contributed by atoms with Gasteiger partial charge in [-0.2, -0.15) is 0 Å². The summed E-state index contributed by atoms with van der Waals surface area (Å²) in [7, 11) is 1.61. The van der Waals surface area contributed by atoms with Crippen molar-refractivity contribution in [3.05, 3.63) is 66.2 Å². The van der Waals surface area contributed by atoms with E-state index in [-0.39, 0.29) is 18.1 Å². The van der Waals surface area contributed by atoms with Crippen LogP contribution in [0.25, 0.3) is 0 Å². The quantitative estimate of drug-likeness (QED) is 0.790. The van der Waals surface area contributed by atoms with Gasteiger partial charge in [-0.3, -0.25) is 4.79 Å². The van der Waals surface area contributed by atoms with Crippen molar-refractivity contribution in [2.75, 3.05) is 19.0 Å². The minimum absolute atomic E-state index is 0.0188. The number of nitrogens with zero attached hydrogens (tertiary/aromatic N) is 1. The molecule has 1 aliphatic heterocycles. The fourth-order valence-corrected chi connectivity index (χ4v) is 3.17. The highest BCUT2D eigenvalue weighted by atomic mass is 16.5. The van der Waals surface area contributed by atoms with Gasteiger partial charge in [-0.1, -0.05) is 30.9 Å². The molecule has 5 nitrogen and oxygen atoms in total. The average Bonchev–Trinajstić information content (AvgIpc) is 2.65. The molecular weight excluding hydrogens is 328 g/mol. The first-order chi connectivity index (χ1) is 12.6. The molecular formula is C21H24N2O3. The summed E-state index contributed by atoms with van der Waals surface area (Å²) in [6.07, 6.45) is 1.41. The molecule has 3 rings (SSSR count). The van der Waals surface area contributed by atoms with Gasteiger partial charge in [0.15, 0.2) is 11.5 Å². The number of hydrogen-bond donors (Lipinski definition) is 1. The molecule has 1 unspecified atom stereocenters. The van der Waals surface area contributed by atoms with E-state index in [4.69, 9.17) is 9.47 Å². The van der Waals surface area contributed by atoms with Crippen LogP contribution >= 0.6 is 0 Å². The number of fused-ring (bicyclic) bond motifs is 1. The maximum atomic E-state index is 13.0. The summed E-state index contributed by atoms with van der Waals surface area (Å²) in [5, 5.41) is 3.48. The zero-order valence-electron chi connectivity index (χ0n) is 15.4. The Bertz CT molecular complexity index is 817. The summed E-state index contributed by atoms with van der Waals surface area (Å²) in [4.78, 5) is 14.9. The van der Waals surface area contributed by atoms with Gasteiger partial charge in [-0.05, 0) is 43.7 Å². The van der Waals surface area contributed by atoms with Crippen LogP contribution in [0.4, 0.5) is 5.69 Å². The van der Waals surface area contributed by atoms with Crippen LogP contribution in [0.1, 0.15) is 35.9 Å². The molecule has 26 heavy (non-hydrogen) atoms. The van der Waals surface area contributed by atoms with Crippen LogP contribution in [0, 0.1) is 0 Å². The third kappa shape index (κ3) is 3.25. The predicted octanol–water partition coefficient (Wildman–Crippen LogP) is 4.23. The molecule has 0 radical (unpaired) electrons. The van der Waals surface area contributed by atoms with E-state index in [2.05, 4.69) is 11.9 Å². The van der Waals surface area contributed by atoms with Gasteiger partial charge in [0.1, 0.15) is 12.8 Å². The zero-order chi connectivity index (χ0) is 18.7. The van der Waals surface area contributed by atoms with Crippen molar-refractivity contribution in [3.63, 3.8) is 0 Å². The lowest BCUT2D eigenvalue weighted by Crippen LogP contribution is -2.46. The van der Waals surface area contributed by atoms with Crippen LogP contribution < -0.4 is 14.8 Å². The van der Waals surface area contributed by atoms with Gasteiger partial charge in [0.2, 0.25) is 0 Å². The summed E-state index contributed by atoms with van der Waals surface area (Å²) in [5.74, 6) is 1.29. The molecule has 2 aromatic rings. The molecule has 1 aliphatic rings. The van der Waals surface area contributed by atoms with Gasteiger partial charge in [0.25, 0.3) is 5.91 Å². The Labute approximate surface area is 154 Å². The number of para-hydroxylation sites is 1. The van der Waals surface area contributed by atoms with Gasteiger partial charge in [-0.15, -0.1) is 0 Å². The minimum Gasteiger partial charge on any atom is -0.493 e. The van der Waals surface area contributed by atoms with E-state index in [0.29, 0.717) is 23.7 Å². The van der Waals surface area contributed by atoms with Crippen molar-refractivity contribution in [2.45, 2.75) is 26.1 Å². The van der Waals surface area contributed by atoms with Gasteiger partial charge in [0.05, 0.1) is 12.7 Å². The molecule has 0 saturated heterocycles. The molecule has 0 saturated carbocycles. The van der Waals surface area contributed by atoms with E-state index >= 15 is 0 Å². The Hall–Kier alpha value is -2.95. The van der Waals surface area contributed by atoms with Gasteiger partial charge in [0, 0.05) is 11.7 Å². The normalized spacial score (nSPS) is 16.1. The van der Waals surface area contributed by atoms with Crippen LogP contribution in [0.15, 0.2) is 55.1 Å². The maximum absolute atomic E-state index is 13.0. The second-order valence-electron chi connectivity index (χ2n) is 6.41. The van der Waals surface area contributed by atoms with Crippen LogP contribution in [0.2, 0.25) is 0 Å². The Kier molecular flexibility index (Phi) is 5.16. The standard InChI is InChI=1S/C21H24N2O3/c1-5-12-26-18-11-10-15(13-19(18)25-4)20-22-17-9-7-6-8-16(17)21(24)23(20)14(2)3/h5-11,13-14,20,22H,1,12H2,2-4H3. The fraction of sp³-hybridized carbons (Fsp3) is 0.286. The number of nitrogens with one attached hydrogen (secondary N) is 1. The number of anilines is 1. The lowest BCUT2D eigenvalue weighted by Gasteiger charge is -2.40. The van der Waals surface area contributed by atoms with Crippen LogP contribution in [0.5, 0.6) is 11.5 Å². The number of ether oxygens (including phenoxy) is 2. The minimum atomic E-state index is -0.278. The molecule has 1 amide bonds. The molecule has 2 aromatic carbocycles. The van der Waals surface area contributed by atoms with E-state index in [9.17, 15) is 4.79 Å². The fourth-order valence-electron chi connectivity index (χ4n) is 3.17. The van der Waals surface area contributed by atoms with E-state index in [0.717, 1.165) is 11.3 Å². The molecule has 1 N–H and O–H groups in total. The number of methoxy groups -OCH3 is 1. The SMILES string of the molecule is C=CCOc1ccc(C2Nc3ccccc3C(=O)N2C(C)C)cc1OC. The first-order valence-electron chi connectivity index (χ1n) is 8.66. The van der Waals surface area contributed by atoms with E-state index < -0.39 is 0 Å². The lowest BCUT2D eigenvalue weighted by atomic mass is 10.0. The number of rotatable bonds is 6. The van der Waals surface area contributed by atoms with E-state index in [1.807, 2.05) is 61.2 Å². The molecule has 1 atom stereocenters. The van der Waals surface area contributed by atoms with E-state index in [1.165, 1.54) is 0 Å². The van der Waals surface area contributed by atoms with Crippen molar-refractivity contribution in [1.29, 1.82) is 0 Å². The number of carbonyl (C=O) groups is 1. The summed E-state index contributed by atoms with van der Waals surface area (Å²) in [6.45, 7) is 8.09. The summed E-state index contributed by atoms with van der Waals surface area (Å²) < 4.78 is 11.1. The third-order valence-corrected chi connectivity index (χ3v) is 4.38. The molecule has 136 valence electrons. The Morgan fingerprint density at radius 3 is 2.69 bits per heavy atom. The zero-order valence-corrected chi connectivity index (χ0v) is 15.4. The third-order valence-electron chi connectivity index (χ3n) is 4.38. The first kappa shape index (κ1) is 17.9. The largest absolute Gasteiger partial charge is 0.493 e. The molecule has 0 fully saturated rings. The Balaban J connectivity index is 2.01. The highest BCUT2D eigenvalue weighted by molar-refractivity contribution is 6.01. The van der Waals surface area contributed by atoms with Gasteiger partial charge >= 0.3 is 0 Å². The Morgan fingerprint density at radius 2 is 2.00 bits per heavy atom. The van der Waals surface area contributed by atoms with Crippen molar-refractivity contribution >= 4 is 11.6 Å². The molecule has 0 aromatic heterocycles. The number of benzene rings is 2. The smallest absolute Gasteiger partial charge is 0.258 e. The molecule has 0 spiro atoms. The van der Waals surface area contributed by atoms with Crippen LogP contribution in [0.3, 0.4) is 0 Å². The molecule has 0 bridgehead atoms. The molecule has 0 aliphatic carbocycles. The summed E-state index contributed by atoms with van der Waals surface area (Å²) in [5.41, 5.74) is 2.46. The van der Waals surface area contributed by atoms with Crippen molar-refractivity contribution in [2.24, 2.45) is 0 Å². The highest BCUT2D eigenvalue weighted by Crippen LogP contribution is 2.37. The summed E-state index contributed by atoms with van der Waals surface area (Å²) in [6, 6.07) is 13.3. The predicted molar refractivity (Wildman–Crippen MR) is 103 cm³/mol. The highest BCUT2D eigenvalue weighted by Gasteiger charge is 2.34.